The van der Waals surface area contributed by atoms with Crippen molar-refractivity contribution in [3.63, 3.8) is 0 Å². The van der Waals surface area contributed by atoms with Gasteiger partial charge in [-0.3, -0.25) is 4.79 Å². The molecule has 1 aliphatic heterocycles. The number of hydrogen-bond donors (Lipinski definition) is 2. The first-order valence-electron chi connectivity index (χ1n) is 6.91. The number of carboxylic acid groups (broad SMARTS) is 1. The quantitative estimate of drug-likeness (QED) is 0.871. The van der Waals surface area contributed by atoms with Crippen LogP contribution in [0.4, 0.5) is 0 Å². The van der Waals surface area contributed by atoms with Crippen LogP contribution in [-0.2, 0) is 11.3 Å². The number of hydrogen-bond acceptors (Lipinski definition) is 4. The number of rotatable bonds is 5. The molecule has 20 heavy (non-hydrogen) atoms. The molecule has 1 aromatic rings. The predicted octanol–water partition coefficient (Wildman–Crippen LogP) is 1.94. The number of carbonyl (C=O) groups is 2. The van der Waals surface area contributed by atoms with Crippen molar-refractivity contribution in [1.82, 2.24) is 10.2 Å². The van der Waals surface area contributed by atoms with Crippen LogP contribution in [0.3, 0.4) is 0 Å². The molecule has 6 heteroatoms. The second-order valence-electron chi connectivity index (χ2n) is 5.10. The Morgan fingerprint density at radius 3 is 2.70 bits per heavy atom. The Hall–Kier alpha value is -1.40. The monoisotopic (exact) mass is 296 g/mol. The fourth-order valence-electron chi connectivity index (χ4n) is 2.31. The molecule has 0 spiro atoms. The highest BCUT2D eigenvalue weighted by Crippen LogP contribution is 2.15. The van der Waals surface area contributed by atoms with E-state index in [9.17, 15) is 9.59 Å². The molecule has 5 nitrogen and oxygen atoms in total. The summed E-state index contributed by atoms with van der Waals surface area (Å²) in [7, 11) is 0. The van der Waals surface area contributed by atoms with E-state index >= 15 is 0 Å². The molecule has 1 aromatic heterocycles. The highest BCUT2D eigenvalue weighted by atomic mass is 32.1. The number of aromatic carboxylic acids is 1. The summed E-state index contributed by atoms with van der Waals surface area (Å²) in [6.07, 6.45) is 3.38. The largest absolute Gasteiger partial charge is 0.478 e. The minimum absolute atomic E-state index is 0.139. The summed E-state index contributed by atoms with van der Waals surface area (Å²) in [5.74, 6) is -0.773. The van der Waals surface area contributed by atoms with Gasteiger partial charge in [0.2, 0.25) is 5.91 Å². The molecule has 2 rings (SSSR count). The van der Waals surface area contributed by atoms with Crippen LogP contribution in [-0.4, -0.2) is 41.0 Å². The standard InChI is InChI=1S/C14H20N2O3S/c1-10(13(17)16-5-3-2-4-6-16)15-8-12-7-11(9-20-12)14(18)19/h7,9-10,15H,2-6,8H2,1H3,(H,18,19). The molecule has 0 bridgehead atoms. The van der Waals surface area contributed by atoms with Crippen molar-refractivity contribution in [2.75, 3.05) is 13.1 Å². The first kappa shape index (κ1) is 15.0. The van der Waals surface area contributed by atoms with E-state index in [-0.39, 0.29) is 11.9 Å². The van der Waals surface area contributed by atoms with E-state index in [0.29, 0.717) is 12.1 Å². The number of likely N-dealkylation sites (tertiary alicyclic amines) is 1. The number of piperidine rings is 1. The van der Waals surface area contributed by atoms with Gasteiger partial charge >= 0.3 is 5.97 Å². The van der Waals surface area contributed by atoms with Crippen LogP contribution in [0.1, 0.15) is 41.4 Å². The van der Waals surface area contributed by atoms with Crippen LogP contribution in [0.2, 0.25) is 0 Å². The van der Waals surface area contributed by atoms with Crippen LogP contribution in [0.15, 0.2) is 11.4 Å². The van der Waals surface area contributed by atoms with Gasteiger partial charge in [-0.25, -0.2) is 4.79 Å². The van der Waals surface area contributed by atoms with E-state index in [1.54, 1.807) is 11.4 Å². The van der Waals surface area contributed by atoms with Crippen molar-refractivity contribution >= 4 is 23.2 Å². The average molecular weight is 296 g/mol. The number of amides is 1. The van der Waals surface area contributed by atoms with Crippen LogP contribution in [0, 0.1) is 0 Å². The maximum absolute atomic E-state index is 12.2. The van der Waals surface area contributed by atoms with Gasteiger partial charge in [-0.2, -0.15) is 0 Å². The Labute approximate surface area is 122 Å². The predicted molar refractivity (Wildman–Crippen MR) is 78.0 cm³/mol. The molecule has 110 valence electrons. The van der Waals surface area contributed by atoms with Gasteiger partial charge in [-0.15, -0.1) is 11.3 Å². The maximum atomic E-state index is 12.2. The van der Waals surface area contributed by atoms with E-state index < -0.39 is 5.97 Å². The van der Waals surface area contributed by atoms with E-state index in [0.717, 1.165) is 30.8 Å². The zero-order valence-electron chi connectivity index (χ0n) is 11.6. The minimum Gasteiger partial charge on any atom is -0.478 e. The van der Waals surface area contributed by atoms with Gasteiger partial charge < -0.3 is 15.3 Å². The molecule has 0 aromatic carbocycles. The van der Waals surface area contributed by atoms with Gasteiger partial charge in [-0.1, -0.05) is 0 Å². The van der Waals surface area contributed by atoms with E-state index in [2.05, 4.69) is 5.32 Å². The summed E-state index contributed by atoms with van der Waals surface area (Å²) in [6.45, 7) is 4.10. The first-order chi connectivity index (χ1) is 9.58. The van der Waals surface area contributed by atoms with Gasteiger partial charge in [0.05, 0.1) is 11.6 Å². The van der Waals surface area contributed by atoms with Crippen molar-refractivity contribution < 1.29 is 14.7 Å². The Morgan fingerprint density at radius 2 is 2.10 bits per heavy atom. The Balaban J connectivity index is 1.82. The third kappa shape index (κ3) is 3.80. The average Bonchev–Trinajstić information content (AvgIpc) is 2.94. The van der Waals surface area contributed by atoms with Gasteiger partial charge in [-0.05, 0) is 32.3 Å². The molecule has 2 N–H and O–H groups in total. The lowest BCUT2D eigenvalue weighted by Gasteiger charge is -2.29. The minimum atomic E-state index is -0.912. The maximum Gasteiger partial charge on any atom is 0.336 e. The third-order valence-corrected chi connectivity index (χ3v) is 4.46. The van der Waals surface area contributed by atoms with Gasteiger partial charge in [0.1, 0.15) is 0 Å². The smallest absolute Gasteiger partial charge is 0.336 e. The second kappa shape index (κ2) is 6.85. The summed E-state index contributed by atoms with van der Waals surface area (Å²) in [6, 6.07) is 1.42. The number of nitrogens with one attached hydrogen (secondary N) is 1. The van der Waals surface area contributed by atoms with E-state index in [4.69, 9.17) is 5.11 Å². The lowest BCUT2D eigenvalue weighted by molar-refractivity contribution is -0.133. The molecule has 0 aliphatic carbocycles. The van der Waals surface area contributed by atoms with E-state index in [1.165, 1.54) is 17.8 Å². The van der Waals surface area contributed by atoms with Crippen molar-refractivity contribution in [2.45, 2.75) is 38.8 Å². The Kier molecular flexibility index (Phi) is 5.14. The van der Waals surface area contributed by atoms with Crippen molar-refractivity contribution in [1.29, 1.82) is 0 Å². The SMILES string of the molecule is CC(NCc1cc(C(=O)O)cs1)C(=O)N1CCCCC1. The van der Waals surface area contributed by atoms with Crippen LogP contribution in [0.25, 0.3) is 0 Å². The molecule has 1 unspecified atom stereocenters. The van der Waals surface area contributed by atoms with E-state index in [1.807, 2.05) is 11.8 Å². The normalized spacial score (nSPS) is 16.9. The molecule has 2 heterocycles. The number of nitrogens with zero attached hydrogens (tertiary/aromatic N) is 1. The molecule has 1 fully saturated rings. The highest BCUT2D eigenvalue weighted by Gasteiger charge is 2.21. The molecule has 1 aliphatic rings. The number of thiophene rings is 1. The Bertz CT molecular complexity index is 481. The lowest BCUT2D eigenvalue weighted by atomic mass is 10.1. The van der Waals surface area contributed by atoms with Crippen molar-refractivity contribution in [2.24, 2.45) is 0 Å². The molecule has 0 saturated carbocycles. The molecule has 1 saturated heterocycles. The lowest BCUT2D eigenvalue weighted by Crippen LogP contribution is -2.46. The fourth-order valence-corrected chi connectivity index (χ4v) is 3.12. The van der Waals surface area contributed by atoms with Gasteiger partial charge in [0.25, 0.3) is 0 Å². The van der Waals surface area contributed by atoms with Crippen LogP contribution >= 0.6 is 11.3 Å². The Morgan fingerprint density at radius 1 is 1.40 bits per heavy atom. The number of carbonyl (C=O) groups excluding carboxylic acids is 1. The zero-order chi connectivity index (χ0) is 14.5. The molecular weight excluding hydrogens is 276 g/mol. The third-order valence-electron chi connectivity index (χ3n) is 3.52. The topological polar surface area (TPSA) is 69.6 Å². The fraction of sp³-hybridized carbons (Fsp3) is 0.571. The summed E-state index contributed by atoms with van der Waals surface area (Å²) in [5, 5.41) is 13.7. The summed E-state index contributed by atoms with van der Waals surface area (Å²) < 4.78 is 0. The van der Waals surface area contributed by atoms with Crippen LogP contribution in [0.5, 0.6) is 0 Å². The zero-order valence-corrected chi connectivity index (χ0v) is 12.4. The summed E-state index contributed by atoms with van der Waals surface area (Å²) >= 11 is 1.40. The van der Waals surface area contributed by atoms with Crippen molar-refractivity contribution in [3.8, 4) is 0 Å². The summed E-state index contributed by atoms with van der Waals surface area (Å²) in [4.78, 5) is 25.8. The number of carboxylic acids is 1. The molecular formula is C14H20N2O3S. The van der Waals surface area contributed by atoms with Gasteiger partial charge in [0.15, 0.2) is 0 Å². The first-order valence-corrected chi connectivity index (χ1v) is 7.79. The van der Waals surface area contributed by atoms with Crippen molar-refractivity contribution in [3.05, 3.63) is 21.9 Å². The molecule has 1 amide bonds. The molecule has 0 radical (unpaired) electrons. The highest BCUT2D eigenvalue weighted by molar-refractivity contribution is 7.10. The second-order valence-corrected chi connectivity index (χ2v) is 6.09. The van der Waals surface area contributed by atoms with Crippen LogP contribution < -0.4 is 5.32 Å². The van der Waals surface area contributed by atoms with Gasteiger partial charge in [0, 0.05) is 29.9 Å². The molecule has 1 atom stereocenters. The summed E-state index contributed by atoms with van der Waals surface area (Å²) in [5.41, 5.74) is 0.307.